The van der Waals surface area contributed by atoms with Crippen LogP contribution in [0.5, 0.6) is 0 Å². The molecule has 2 aromatic rings. The molecular weight excluding hydrogens is 540 g/mol. The van der Waals surface area contributed by atoms with E-state index < -0.39 is 11.9 Å². The summed E-state index contributed by atoms with van der Waals surface area (Å²) in [7, 11) is 3.55. The van der Waals surface area contributed by atoms with E-state index in [1.807, 2.05) is 13.1 Å². The molecule has 0 aromatic heterocycles. The van der Waals surface area contributed by atoms with E-state index in [9.17, 15) is 25.4 Å². The molecule has 13 heteroatoms. The van der Waals surface area contributed by atoms with Crippen molar-refractivity contribution in [3.63, 3.8) is 0 Å². The van der Waals surface area contributed by atoms with E-state index in [-0.39, 0.29) is 22.4 Å². The van der Waals surface area contributed by atoms with Crippen LogP contribution in [-0.2, 0) is 17.3 Å². The highest BCUT2D eigenvalue weighted by atomic mass is 16.7. The molecule has 13 nitrogen and oxygen atoms in total. The fourth-order valence-electron chi connectivity index (χ4n) is 4.60. The highest BCUT2D eigenvalue weighted by Crippen LogP contribution is 2.26. The third-order valence-corrected chi connectivity index (χ3v) is 6.90. The van der Waals surface area contributed by atoms with E-state index >= 15 is 0 Å². The topological polar surface area (TPSA) is 171 Å². The largest absolute Gasteiger partial charge is 0.454 e. The standard InChI is InChI=1S/C29H28N8O5/c1-35-7-9-36(10-8-35)17-21-4-5-23(14-24(21)29(39,40)41)32-28(38)22-12-19(11-20(13-22)16-30)3-6-25-33-34-26-15-27(42-2)31-18-37(25)26/h4-5,11-15,18,39-41H,7-10,17H2,1-2H3,(H,32,38)/p+1. The molecule has 42 heavy (non-hydrogen) atoms. The maximum atomic E-state index is 13.2. The van der Waals surface area contributed by atoms with Crippen molar-refractivity contribution in [2.24, 2.45) is 5.10 Å². The van der Waals surface area contributed by atoms with Crippen molar-refractivity contribution in [3.05, 3.63) is 76.1 Å². The fraction of sp³-hybridized carbons (Fsp3) is 0.276. The van der Waals surface area contributed by atoms with Crippen LogP contribution in [0, 0.1) is 23.2 Å². The number of rotatable bonds is 5. The van der Waals surface area contributed by atoms with Gasteiger partial charge >= 0.3 is 18.2 Å². The van der Waals surface area contributed by atoms with Crippen LogP contribution in [-0.4, -0.2) is 94.3 Å². The number of nitrogens with zero attached hydrogens (tertiary/aromatic N) is 6. The Labute approximate surface area is 242 Å². The molecule has 3 heterocycles. The van der Waals surface area contributed by atoms with Crippen LogP contribution >= 0.6 is 0 Å². The zero-order chi connectivity index (χ0) is 29.9. The number of amidine groups is 1. The number of benzene rings is 2. The maximum absolute atomic E-state index is 13.2. The van der Waals surface area contributed by atoms with Gasteiger partial charge in [-0.3, -0.25) is 9.69 Å². The average molecular weight is 570 g/mol. The van der Waals surface area contributed by atoms with Crippen LogP contribution in [0.25, 0.3) is 0 Å². The number of nitrogens with one attached hydrogen (secondary N) is 2. The average Bonchev–Trinajstić information content (AvgIpc) is 3.39. The number of likely N-dealkylation sites (N-methyl/N-ethyl adjacent to an activating group) is 1. The Hall–Kier alpha value is -4.98. The number of carbonyl (C=O) groups is 1. The molecule has 1 fully saturated rings. The number of hydrazone groups is 1. The van der Waals surface area contributed by atoms with Gasteiger partial charge in [0.15, 0.2) is 0 Å². The summed E-state index contributed by atoms with van der Waals surface area (Å²) in [6.07, 6.45) is 3.17. The lowest BCUT2D eigenvalue weighted by molar-refractivity contribution is -0.324. The van der Waals surface area contributed by atoms with Crippen molar-refractivity contribution < 1.29 is 24.9 Å². The number of aliphatic hydroxyl groups is 3. The Morgan fingerprint density at radius 3 is 2.62 bits per heavy atom. The first-order chi connectivity index (χ1) is 20.1. The van der Waals surface area contributed by atoms with E-state index in [4.69, 9.17) is 4.74 Å². The van der Waals surface area contributed by atoms with Gasteiger partial charge in [0.1, 0.15) is 6.08 Å². The zero-order valence-corrected chi connectivity index (χ0v) is 23.0. The number of piperazine rings is 1. The lowest BCUT2D eigenvalue weighted by atomic mass is 10.0. The molecule has 1 saturated heterocycles. The van der Waals surface area contributed by atoms with Gasteiger partial charge in [-0.2, -0.15) is 9.93 Å². The first kappa shape index (κ1) is 28.5. The fourth-order valence-corrected chi connectivity index (χ4v) is 4.60. The first-order valence-corrected chi connectivity index (χ1v) is 13.0. The summed E-state index contributed by atoms with van der Waals surface area (Å²) in [6, 6.07) is 11.1. The van der Waals surface area contributed by atoms with Crippen LogP contribution in [0.1, 0.15) is 32.6 Å². The molecular formula is C29H29N8O5+. The van der Waals surface area contributed by atoms with Gasteiger partial charge in [0.05, 0.1) is 18.7 Å². The lowest BCUT2D eigenvalue weighted by Gasteiger charge is -2.33. The predicted octanol–water partition coefficient (Wildman–Crippen LogP) is -0.789. The molecule has 0 spiro atoms. The van der Waals surface area contributed by atoms with Gasteiger partial charge in [-0.15, -0.1) is 10.0 Å². The highest BCUT2D eigenvalue weighted by Gasteiger charge is 2.32. The van der Waals surface area contributed by atoms with Gasteiger partial charge < -0.3 is 30.3 Å². The number of hydrogen-bond acceptors (Lipinski definition) is 11. The minimum Gasteiger partial charge on any atom is -0.454 e. The van der Waals surface area contributed by atoms with Crippen molar-refractivity contribution >= 4 is 29.7 Å². The Morgan fingerprint density at radius 2 is 1.90 bits per heavy atom. The molecule has 0 bridgehead atoms. The van der Waals surface area contributed by atoms with Crippen molar-refractivity contribution in [1.82, 2.24) is 24.8 Å². The molecule has 3 aliphatic heterocycles. The zero-order valence-electron chi connectivity index (χ0n) is 23.0. The molecule has 5 N–H and O–H groups in total. The normalized spacial score (nSPS) is 16.7. The van der Waals surface area contributed by atoms with Crippen LogP contribution in [0.4, 0.5) is 5.69 Å². The second-order valence-electron chi connectivity index (χ2n) is 9.94. The number of ether oxygens (including phenoxy) is 1. The number of methoxy groups -OCH3 is 1. The third-order valence-electron chi connectivity index (χ3n) is 6.90. The Morgan fingerprint density at radius 1 is 1.14 bits per heavy atom. The lowest BCUT2D eigenvalue weighted by Crippen LogP contribution is -2.44. The van der Waals surface area contributed by atoms with E-state index in [0.717, 1.165) is 26.2 Å². The summed E-state index contributed by atoms with van der Waals surface area (Å²) in [6.45, 7) is 3.75. The SMILES string of the molecule is COC1=[N+]=CN2C(=C1)NN=C2C#Cc1cc(C#N)cc(C(=O)Nc2ccc(CN3CCN(C)CC3)c(C(O)(O)O)c2)c1. The molecule has 0 saturated carbocycles. The van der Waals surface area contributed by atoms with Crippen LogP contribution in [0.2, 0.25) is 0 Å². The molecule has 0 atom stereocenters. The summed E-state index contributed by atoms with van der Waals surface area (Å²) >= 11 is 0. The number of hydrogen-bond donors (Lipinski definition) is 5. The van der Waals surface area contributed by atoms with Crippen molar-refractivity contribution in [2.75, 3.05) is 45.7 Å². The minimum atomic E-state index is -3.10. The van der Waals surface area contributed by atoms with Gasteiger partial charge in [0.2, 0.25) is 5.82 Å². The number of fused-ring (bicyclic) bond motifs is 1. The summed E-state index contributed by atoms with van der Waals surface area (Å²) in [5.41, 5.74) is 4.25. The third kappa shape index (κ3) is 6.49. The van der Waals surface area contributed by atoms with Gasteiger partial charge in [-0.1, -0.05) is 12.0 Å². The maximum Gasteiger partial charge on any atom is 0.387 e. The van der Waals surface area contributed by atoms with Crippen molar-refractivity contribution in [2.45, 2.75) is 12.5 Å². The molecule has 0 radical (unpaired) electrons. The smallest absolute Gasteiger partial charge is 0.387 e. The van der Waals surface area contributed by atoms with Gasteiger partial charge in [0, 0.05) is 61.0 Å². The summed E-state index contributed by atoms with van der Waals surface area (Å²) in [5, 5.41) is 46.6. The Kier molecular flexibility index (Phi) is 8.06. The van der Waals surface area contributed by atoms with E-state index in [0.29, 0.717) is 35.2 Å². The van der Waals surface area contributed by atoms with E-state index in [1.54, 1.807) is 29.2 Å². The summed E-state index contributed by atoms with van der Waals surface area (Å²) in [5.74, 6) is 3.58. The number of nitriles is 1. The quantitative estimate of drug-likeness (QED) is 0.175. The monoisotopic (exact) mass is 569 g/mol. The molecule has 0 aliphatic carbocycles. The van der Waals surface area contributed by atoms with E-state index in [1.165, 1.54) is 31.6 Å². The molecule has 2 aromatic carbocycles. The van der Waals surface area contributed by atoms with E-state index in [2.05, 4.69) is 42.2 Å². The molecule has 1 amide bonds. The highest BCUT2D eigenvalue weighted by molar-refractivity contribution is 6.09. The number of amides is 1. The van der Waals surface area contributed by atoms with Gasteiger partial charge in [-0.25, -0.2) is 5.43 Å². The van der Waals surface area contributed by atoms with Gasteiger partial charge in [-0.05, 0) is 42.9 Å². The first-order valence-electron chi connectivity index (χ1n) is 13.0. The minimum absolute atomic E-state index is 0.132. The summed E-state index contributed by atoms with van der Waals surface area (Å²) in [4.78, 5) is 19.2. The number of anilines is 1. The second kappa shape index (κ2) is 11.9. The van der Waals surface area contributed by atoms with Gasteiger partial charge in [0.25, 0.3) is 11.7 Å². The molecule has 0 unspecified atom stereocenters. The number of carbonyl (C=O) groups excluding carboxylic acids is 1. The van der Waals surface area contributed by atoms with Crippen molar-refractivity contribution in [1.29, 1.82) is 5.26 Å². The Bertz CT molecular complexity index is 1640. The van der Waals surface area contributed by atoms with Crippen molar-refractivity contribution in [3.8, 4) is 17.9 Å². The van der Waals surface area contributed by atoms with Crippen LogP contribution < -0.4 is 15.4 Å². The predicted molar refractivity (Wildman–Crippen MR) is 154 cm³/mol. The molecule has 3 aliphatic rings. The second-order valence-corrected chi connectivity index (χ2v) is 9.94. The Balaban J connectivity index is 1.35. The summed E-state index contributed by atoms with van der Waals surface area (Å²) < 4.78 is 9.25. The molecule has 214 valence electrons. The van der Waals surface area contributed by atoms with Crippen LogP contribution in [0.3, 0.4) is 0 Å². The molecule has 5 rings (SSSR count). The van der Waals surface area contributed by atoms with Crippen LogP contribution in [0.15, 0.2) is 53.4 Å².